The van der Waals surface area contributed by atoms with Crippen molar-refractivity contribution in [2.45, 2.75) is 61.7 Å². The number of methoxy groups -OCH3 is 4. The molecule has 0 radical (unpaired) electrons. The van der Waals surface area contributed by atoms with Crippen LogP contribution in [0.1, 0.15) is 47.6 Å². The predicted molar refractivity (Wildman–Crippen MR) is 270 cm³/mol. The van der Waals surface area contributed by atoms with Crippen LogP contribution >= 0.6 is 7.75 Å². The molecule has 386 valence electrons. The van der Waals surface area contributed by atoms with Crippen molar-refractivity contribution >= 4 is 41.7 Å². The summed E-state index contributed by atoms with van der Waals surface area (Å²) in [6.07, 6.45) is 1.08. The average Bonchev–Trinajstić information content (AvgIpc) is 4.25. The van der Waals surface area contributed by atoms with Gasteiger partial charge in [0.05, 0.1) is 60.4 Å². The van der Waals surface area contributed by atoms with E-state index in [1.807, 2.05) is 91.0 Å². The topological polar surface area (TPSA) is 272 Å². The molecule has 23 heteroatoms. The Kier molecular flexibility index (Phi) is 14.7. The third-order valence-electron chi connectivity index (χ3n) is 13.3. The lowest BCUT2D eigenvalue weighted by atomic mass is 9.80. The molecule has 4 aromatic carbocycles. The van der Waals surface area contributed by atoms with Gasteiger partial charge in [-0.1, -0.05) is 60.7 Å². The van der Waals surface area contributed by atoms with Crippen molar-refractivity contribution < 1.29 is 51.9 Å². The minimum absolute atomic E-state index is 0.109. The Labute approximate surface area is 425 Å². The second-order valence-corrected chi connectivity index (χ2v) is 19.3. The zero-order valence-electron chi connectivity index (χ0n) is 41.0. The maximum atomic E-state index is 15.6. The van der Waals surface area contributed by atoms with Crippen molar-refractivity contribution in [3.8, 4) is 23.0 Å². The molecule has 2 fully saturated rings. The van der Waals surface area contributed by atoms with Gasteiger partial charge in [-0.25, -0.2) is 39.6 Å². The minimum Gasteiger partial charge on any atom is -0.497 e. The molecule has 0 aliphatic carbocycles. The third kappa shape index (κ3) is 10.1. The fourth-order valence-corrected chi connectivity index (χ4v) is 11.0. The summed E-state index contributed by atoms with van der Waals surface area (Å²) in [5.41, 5.74) is 15.9. The van der Waals surface area contributed by atoms with Crippen LogP contribution < -0.4 is 35.5 Å². The van der Waals surface area contributed by atoms with Gasteiger partial charge in [-0.3, -0.25) is 18.2 Å². The second kappa shape index (κ2) is 21.7. The Morgan fingerprint density at radius 1 is 0.676 bits per heavy atom. The number of nitrogens with one attached hydrogen (secondary N) is 1. The van der Waals surface area contributed by atoms with E-state index < -0.39 is 50.2 Å². The van der Waals surface area contributed by atoms with Crippen LogP contribution in [0.2, 0.25) is 0 Å². The number of fused-ring (bicyclic) bond motifs is 2. The number of rotatable bonds is 21. The Morgan fingerprint density at radius 3 is 1.82 bits per heavy atom. The summed E-state index contributed by atoms with van der Waals surface area (Å²) >= 11 is 0. The largest absolute Gasteiger partial charge is 0.497 e. The summed E-state index contributed by atoms with van der Waals surface area (Å²) in [6, 6.07) is 30.7. The molecule has 2 aliphatic heterocycles. The van der Waals surface area contributed by atoms with Gasteiger partial charge in [0.25, 0.3) is 0 Å². The molecule has 0 spiro atoms. The predicted octanol–water partition coefficient (Wildman–Crippen LogP) is 6.15. The summed E-state index contributed by atoms with van der Waals surface area (Å²) in [7, 11) is 1.96. The summed E-state index contributed by atoms with van der Waals surface area (Å²) in [5, 5.41) is 14.5. The first-order valence-corrected chi connectivity index (χ1v) is 25.3. The number of aliphatic hydroxyl groups is 1. The van der Waals surface area contributed by atoms with Gasteiger partial charge in [0.1, 0.15) is 71.6 Å². The zero-order valence-corrected chi connectivity index (χ0v) is 41.9. The number of aliphatic hydroxyl groups excluding tert-OH is 1. The van der Waals surface area contributed by atoms with Crippen molar-refractivity contribution in [2.75, 3.05) is 59.7 Å². The van der Waals surface area contributed by atoms with E-state index in [0.717, 1.165) is 22.3 Å². The van der Waals surface area contributed by atoms with Gasteiger partial charge in [0.15, 0.2) is 34.4 Å². The van der Waals surface area contributed by atoms with Crippen molar-refractivity contribution in [1.82, 2.24) is 44.1 Å². The molecule has 10 rings (SSSR count). The second-order valence-electron chi connectivity index (χ2n) is 17.6. The average molecular weight is 1030 g/mol. The lowest BCUT2D eigenvalue weighted by Crippen LogP contribution is -2.39. The van der Waals surface area contributed by atoms with Crippen molar-refractivity contribution in [3.63, 3.8) is 0 Å². The molecule has 6 N–H and O–H groups in total. The van der Waals surface area contributed by atoms with E-state index in [2.05, 4.69) is 35.0 Å². The van der Waals surface area contributed by atoms with Crippen LogP contribution in [0.3, 0.4) is 0 Å². The van der Waals surface area contributed by atoms with Gasteiger partial charge in [-0.2, -0.15) is 0 Å². The van der Waals surface area contributed by atoms with E-state index in [9.17, 15) is 5.11 Å². The molecule has 4 aromatic heterocycles. The molecule has 7 atom stereocenters. The fourth-order valence-electron chi connectivity index (χ4n) is 9.45. The molecular weight excluding hydrogens is 974 g/mol. The number of anilines is 2. The van der Waals surface area contributed by atoms with Crippen LogP contribution in [-0.2, 0) is 39.8 Å². The quantitative estimate of drug-likeness (QED) is 0.0464. The van der Waals surface area contributed by atoms with Crippen LogP contribution in [0, 0.1) is 0 Å². The highest BCUT2D eigenvalue weighted by Gasteiger charge is 2.47. The first-order chi connectivity index (χ1) is 36.0. The monoisotopic (exact) mass is 1030 g/mol. The van der Waals surface area contributed by atoms with Crippen molar-refractivity contribution in [1.29, 1.82) is 0 Å². The van der Waals surface area contributed by atoms with Crippen LogP contribution in [0.15, 0.2) is 122 Å². The Hall–Kier alpha value is -7.27. The van der Waals surface area contributed by atoms with Gasteiger partial charge in [-0.05, 0) is 65.1 Å². The van der Waals surface area contributed by atoms with E-state index in [1.165, 1.54) is 19.0 Å². The number of ether oxygens (including phenoxy) is 7. The first-order valence-electron chi connectivity index (χ1n) is 23.8. The smallest absolute Gasteiger partial charge is 0.405 e. The van der Waals surface area contributed by atoms with Crippen molar-refractivity contribution in [2.24, 2.45) is 0 Å². The molecule has 8 aromatic rings. The Balaban J connectivity index is 0.991. The highest BCUT2D eigenvalue weighted by atomic mass is 31.2. The number of hydrogen-bond acceptors (Lipinski definition) is 19. The van der Waals surface area contributed by atoms with E-state index in [4.69, 9.17) is 53.7 Å². The molecule has 0 saturated carbocycles. The molecule has 1 unspecified atom stereocenters. The molecule has 2 saturated heterocycles. The van der Waals surface area contributed by atoms with Crippen molar-refractivity contribution in [3.05, 3.63) is 145 Å². The number of imidazole rings is 2. The Bertz CT molecular complexity index is 3190. The number of aromatic nitrogens is 8. The lowest BCUT2D eigenvalue weighted by molar-refractivity contribution is -0.0923. The van der Waals surface area contributed by atoms with E-state index in [0.29, 0.717) is 51.7 Å². The number of nitrogens with zero attached hydrogens (tertiary/aromatic N) is 8. The van der Waals surface area contributed by atoms with E-state index in [-0.39, 0.29) is 44.2 Å². The molecule has 74 heavy (non-hydrogen) atoms. The third-order valence-corrected chi connectivity index (χ3v) is 14.9. The minimum atomic E-state index is -4.38. The summed E-state index contributed by atoms with van der Waals surface area (Å²) in [5.74, 6) is 2.82. The highest BCUT2D eigenvalue weighted by Crippen LogP contribution is 2.51. The molecule has 0 amide bonds. The Morgan fingerprint density at radius 2 is 1.24 bits per heavy atom. The molecular formula is C51H56N11O11P. The maximum absolute atomic E-state index is 15.6. The summed E-state index contributed by atoms with van der Waals surface area (Å²) in [6.45, 7) is -0.324. The van der Waals surface area contributed by atoms with Crippen LogP contribution in [0.4, 0.5) is 11.6 Å². The zero-order chi connectivity index (χ0) is 51.4. The molecule has 22 nitrogen and oxygen atoms in total. The molecule has 0 bridgehead atoms. The van der Waals surface area contributed by atoms with Gasteiger partial charge in [-0.15, -0.1) is 0 Å². The van der Waals surface area contributed by atoms with Gasteiger partial charge < -0.3 is 49.7 Å². The van der Waals surface area contributed by atoms with Gasteiger partial charge >= 0.3 is 7.75 Å². The van der Waals surface area contributed by atoms with Crippen LogP contribution in [0.25, 0.3) is 22.3 Å². The molecule has 6 heterocycles. The number of benzene rings is 4. The normalized spacial score (nSPS) is 20.7. The lowest BCUT2D eigenvalue weighted by Gasteiger charge is -2.37. The fraction of sp³-hybridized carbons (Fsp3) is 0.333. The van der Waals surface area contributed by atoms with E-state index in [1.54, 1.807) is 50.0 Å². The van der Waals surface area contributed by atoms with Crippen LogP contribution in [-0.4, -0.2) is 117 Å². The first kappa shape index (κ1) is 50.3. The maximum Gasteiger partial charge on any atom is 0.405 e. The number of nitrogen functional groups attached to an aromatic ring is 2. The highest BCUT2D eigenvalue weighted by molar-refractivity contribution is 7.51. The van der Waals surface area contributed by atoms with Gasteiger partial charge in [0.2, 0.25) is 0 Å². The summed E-state index contributed by atoms with van der Waals surface area (Å²) in [4.78, 5) is 25.9. The SMILES string of the molecule is COc1ccc(C(OC[C@H]2O[C@@H](n3cnc4c(N)ncnc43)C[C@@H]2OP(=O)(NCCc2ccc(OC)c(OC)c2)OC[C@H]2O[C@@H](n3cnc4c(N)ncnc43)C[C@@H]2O)(c2ccccc2)c2ccc(OC)cc2)cc1. The number of hydrogen-bond donors (Lipinski definition) is 4. The number of nitrogens with two attached hydrogens (primary N) is 2. The summed E-state index contributed by atoms with van der Waals surface area (Å²) < 4.78 is 74.9. The molecule has 2 aliphatic rings. The van der Waals surface area contributed by atoms with Crippen LogP contribution in [0.5, 0.6) is 23.0 Å². The van der Waals surface area contributed by atoms with Gasteiger partial charge in [0, 0.05) is 19.4 Å². The van der Waals surface area contributed by atoms with E-state index >= 15 is 4.57 Å². The standard InChI is InChI=1S/C51H56N11O11P/c1-65-35-15-11-33(12-16-35)51(32-8-6-5-7-9-32,34-13-17-36(66-2)18-14-34)69-25-42-40(24-44(72-42)62-30-59-46-48(53)55-28-57-50(46)62)73-74(64,60-21-20-31-10-19-38(67-3)39(22-31)68-4)70-26-41-37(63)23-43(71-41)61-29-58-45-47(52)54-27-56-49(45)61/h5-19,22,27-30,37,40-44,63H,20-21,23-26H2,1-4H3,(H,60,64)(H2,52,54,56)(H2,53,55,57)/t37-,40-,41+,42+,43+,44+,74?/m0/s1.